The predicted molar refractivity (Wildman–Crippen MR) is 82.8 cm³/mol. The minimum atomic E-state index is -2.70. The quantitative estimate of drug-likeness (QED) is 0.810. The van der Waals surface area contributed by atoms with Gasteiger partial charge < -0.3 is 0 Å². The van der Waals surface area contributed by atoms with E-state index in [1.54, 1.807) is 35.8 Å². The fourth-order valence-corrected chi connectivity index (χ4v) is 4.85. The second kappa shape index (κ2) is 5.87. The van der Waals surface area contributed by atoms with Crippen LogP contribution in [0.2, 0.25) is 5.15 Å². The first kappa shape index (κ1) is 14.7. The molecule has 0 amide bonds. The maximum absolute atomic E-state index is 13.3. The number of hydrogen-bond acceptors (Lipinski definition) is 4. The van der Waals surface area contributed by atoms with E-state index in [1.165, 1.54) is 6.42 Å². The highest BCUT2D eigenvalue weighted by Crippen LogP contribution is 2.45. The molecule has 3 rings (SSSR count). The minimum absolute atomic E-state index is 0.330. The molecule has 0 N–H and O–H groups in total. The van der Waals surface area contributed by atoms with Gasteiger partial charge in [0.1, 0.15) is 0 Å². The summed E-state index contributed by atoms with van der Waals surface area (Å²) in [5.74, 6) is 0.575. The van der Waals surface area contributed by atoms with Crippen LogP contribution in [0.3, 0.4) is 0 Å². The van der Waals surface area contributed by atoms with E-state index in [1.807, 2.05) is 0 Å². The van der Waals surface area contributed by atoms with E-state index in [0.29, 0.717) is 16.5 Å². The van der Waals surface area contributed by atoms with Gasteiger partial charge in [-0.3, -0.25) is 9.13 Å². The van der Waals surface area contributed by atoms with Crippen molar-refractivity contribution in [3.8, 4) is 5.82 Å². The fourth-order valence-electron chi connectivity index (χ4n) is 2.60. The Labute approximate surface area is 128 Å². The molecule has 0 aliphatic carbocycles. The van der Waals surface area contributed by atoms with Gasteiger partial charge in [-0.1, -0.05) is 18.0 Å². The highest BCUT2D eigenvalue weighted by Gasteiger charge is 2.32. The van der Waals surface area contributed by atoms with Gasteiger partial charge in [-0.25, -0.2) is 9.65 Å². The first-order chi connectivity index (χ1) is 10.1. The molecule has 1 fully saturated rings. The largest absolute Gasteiger partial charge is 0.298 e. The van der Waals surface area contributed by atoms with Crippen LogP contribution in [0.4, 0.5) is 0 Å². The van der Waals surface area contributed by atoms with Gasteiger partial charge in [0.05, 0.1) is 0 Å². The van der Waals surface area contributed by atoms with Gasteiger partial charge in [-0.2, -0.15) is 0 Å². The van der Waals surface area contributed by atoms with Crippen molar-refractivity contribution in [2.45, 2.75) is 19.3 Å². The van der Waals surface area contributed by atoms with Crippen LogP contribution in [-0.2, 0) is 4.57 Å². The van der Waals surface area contributed by atoms with Crippen LogP contribution in [0.15, 0.2) is 24.5 Å². The Balaban J connectivity index is 1.97. The molecule has 0 saturated carbocycles. The lowest BCUT2D eigenvalue weighted by Crippen LogP contribution is -2.34. The third-order valence-corrected chi connectivity index (χ3v) is 6.48. The summed E-state index contributed by atoms with van der Waals surface area (Å²) in [7, 11) is -2.70. The molecule has 6 nitrogen and oxygen atoms in total. The van der Waals surface area contributed by atoms with Crippen molar-refractivity contribution in [1.82, 2.24) is 24.4 Å². The lowest BCUT2D eigenvalue weighted by Gasteiger charge is -2.31. The lowest BCUT2D eigenvalue weighted by atomic mass is 10.2. The summed E-state index contributed by atoms with van der Waals surface area (Å²) in [4.78, 5) is 4.32. The lowest BCUT2D eigenvalue weighted by molar-refractivity contribution is 0.350. The van der Waals surface area contributed by atoms with Gasteiger partial charge in [0, 0.05) is 32.1 Å². The average molecular weight is 326 g/mol. The summed E-state index contributed by atoms with van der Waals surface area (Å²) in [6.45, 7) is 3.49. The number of rotatable bonds is 3. The van der Waals surface area contributed by atoms with Crippen molar-refractivity contribution < 1.29 is 4.57 Å². The minimum Gasteiger partial charge on any atom is -0.298 e. The summed E-state index contributed by atoms with van der Waals surface area (Å²) < 4.78 is 17.1. The third kappa shape index (κ3) is 2.89. The maximum Gasteiger partial charge on any atom is 0.210 e. The highest BCUT2D eigenvalue weighted by atomic mass is 35.5. The number of hydrogen-bond donors (Lipinski definition) is 0. The third-order valence-electron chi connectivity index (χ3n) is 3.73. The molecule has 1 aliphatic rings. The number of imidazole rings is 1. The molecule has 21 heavy (non-hydrogen) atoms. The Kier molecular flexibility index (Phi) is 4.11. The van der Waals surface area contributed by atoms with Gasteiger partial charge in [0.25, 0.3) is 0 Å². The van der Waals surface area contributed by atoms with Gasteiger partial charge >= 0.3 is 0 Å². The molecule has 3 heterocycles. The van der Waals surface area contributed by atoms with Crippen LogP contribution in [0.5, 0.6) is 0 Å². The van der Waals surface area contributed by atoms with E-state index < -0.39 is 7.29 Å². The zero-order valence-electron chi connectivity index (χ0n) is 11.8. The van der Waals surface area contributed by atoms with Crippen molar-refractivity contribution in [3.05, 3.63) is 29.7 Å². The van der Waals surface area contributed by atoms with Gasteiger partial charge in [-0.05, 0) is 25.0 Å². The summed E-state index contributed by atoms with van der Waals surface area (Å²) in [6.07, 6.45) is 6.77. The topological polar surface area (TPSA) is 63.9 Å². The fraction of sp³-hybridized carbons (Fsp3) is 0.462. The zero-order chi connectivity index (χ0) is 14.9. The van der Waals surface area contributed by atoms with Gasteiger partial charge in [0.2, 0.25) is 7.29 Å². The Bertz CT molecular complexity index is 665. The number of piperidine rings is 1. The highest BCUT2D eigenvalue weighted by molar-refractivity contribution is 7.68. The van der Waals surface area contributed by atoms with E-state index in [4.69, 9.17) is 11.6 Å². The molecule has 112 valence electrons. The Morgan fingerprint density at radius 3 is 2.62 bits per heavy atom. The normalized spacial score (nSPS) is 19.3. The molecule has 0 spiro atoms. The molecular formula is C13H17ClN5OP. The van der Waals surface area contributed by atoms with E-state index in [0.717, 1.165) is 25.9 Å². The van der Waals surface area contributed by atoms with Gasteiger partial charge in [-0.15, -0.1) is 10.2 Å². The van der Waals surface area contributed by atoms with Crippen molar-refractivity contribution in [1.29, 1.82) is 0 Å². The summed E-state index contributed by atoms with van der Waals surface area (Å²) >= 11 is 5.76. The van der Waals surface area contributed by atoms with Gasteiger partial charge in [0.15, 0.2) is 16.5 Å². The first-order valence-electron chi connectivity index (χ1n) is 6.95. The molecular weight excluding hydrogens is 309 g/mol. The molecule has 2 aromatic heterocycles. The molecule has 1 atom stereocenters. The van der Waals surface area contributed by atoms with E-state index >= 15 is 0 Å². The molecule has 1 aliphatic heterocycles. The van der Waals surface area contributed by atoms with E-state index in [9.17, 15) is 4.57 Å². The second-order valence-corrected chi connectivity index (χ2v) is 8.32. The van der Waals surface area contributed by atoms with Crippen LogP contribution >= 0.6 is 18.9 Å². The van der Waals surface area contributed by atoms with Crippen LogP contribution in [0, 0.1) is 0 Å². The van der Waals surface area contributed by atoms with Crippen LogP contribution in [0.1, 0.15) is 19.3 Å². The number of halogens is 1. The van der Waals surface area contributed by atoms with Crippen molar-refractivity contribution in [3.63, 3.8) is 0 Å². The Hall–Kier alpha value is -1.23. The predicted octanol–water partition coefficient (Wildman–Crippen LogP) is 2.33. The first-order valence-corrected chi connectivity index (χ1v) is 9.44. The maximum atomic E-state index is 13.3. The molecule has 8 heteroatoms. The van der Waals surface area contributed by atoms with Crippen LogP contribution in [0.25, 0.3) is 5.82 Å². The summed E-state index contributed by atoms with van der Waals surface area (Å²) in [6, 6.07) is 3.41. The molecule has 0 radical (unpaired) electrons. The standard InChI is InChI=1S/C13H17ClN5OP/c1-21(20,18-8-3-2-4-9-18)13-15-7-10-19(13)12-6-5-11(14)16-17-12/h5-7,10H,2-4,8-9H2,1H3. The Morgan fingerprint density at radius 1 is 1.19 bits per heavy atom. The van der Waals surface area contributed by atoms with Crippen molar-refractivity contribution in [2.24, 2.45) is 0 Å². The van der Waals surface area contributed by atoms with Crippen LogP contribution < -0.4 is 5.57 Å². The number of aromatic nitrogens is 4. The number of nitrogens with zero attached hydrogens (tertiary/aromatic N) is 5. The molecule has 2 aromatic rings. The molecule has 1 saturated heterocycles. The zero-order valence-corrected chi connectivity index (χ0v) is 13.5. The van der Waals surface area contributed by atoms with Crippen molar-refractivity contribution in [2.75, 3.05) is 19.8 Å². The SMILES string of the molecule is CP(=O)(c1nccn1-c1ccc(Cl)nn1)N1CCCCC1. The second-order valence-electron chi connectivity index (χ2n) is 5.20. The average Bonchev–Trinajstić information content (AvgIpc) is 2.99. The van der Waals surface area contributed by atoms with Crippen LogP contribution in [-0.4, -0.2) is 44.2 Å². The molecule has 0 bridgehead atoms. The summed E-state index contributed by atoms with van der Waals surface area (Å²) in [5, 5.41) is 8.21. The van der Waals surface area contributed by atoms with E-state index in [-0.39, 0.29) is 0 Å². The summed E-state index contributed by atoms with van der Waals surface area (Å²) in [5.41, 5.74) is 0.543. The monoisotopic (exact) mass is 325 g/mol. The van der Waals surface area contributed by atoms with E-state index in [2.05, 4.69) is 19.9 Å². The Morgan fingerprint density at radius 2 is 1.95 bits per heavy atom. The van der Waals surface area contributed by atoms with Crippen molar-refractivity contribution >= 4 is 24.5 Å². The smallest absolute Gasteiger partial charge is 0.210 e. The molecule has 1 unspecified atom stereocenters. The molecule has 0 aromatic carbocycles.